The van der Waals surface area contributed by atoms with Gasteiger partial charge in [0.25, 0.3) is 0 Å². The lowest BCUT2D eigenvalue weighted by molar-refractivity contribution is -0.117. The van der Waals surface area contributed by atoms with E-state index in [9.17, 15) is 9.18 Å². The number of benzene rings is 1. The molecular formula is C12H13ClFN5OS. The van der Waals surface area contributed by atoms with Gasteiger partial charge in [0.05, 0.1) is 6.04 Å². The molecule has 21 heavy (non-hydrogen) atoms. The first-order chi connectivity index (χ1) is 9.74. The molecule has 1 amide bonds. The van der Waals surface area contributed by atoms with Crippen LogP contribution >= 0.6 is 24.2 Å². The van der Waals surface area contributed by atoms with Crippen molar-refractivity contribution in [3.05, 3.63) is 36.7 Å². The van der Waals surface area contributed by atoms with E-state index in [-0.39, 0.29) is 30.0 Å². The summed E-state index contributed by atoms with van der Waals surface area (Å²) < 4.78 is 15.3. The van der Waals surface area contributed by atoms with Crippen LogP contribution in [0.1, 0.15) is 0 Å². The molecule has 0 radical (unpaired) electrons. The largest absolute Gasteiger partial charge is 0.325 e. The molecule has 6 nitrogen and oxygen atoms in total. The summed E-state index contributed by atoms with van der Waals surface area (Å²) in [7, 11) is 0. The summed E-state index contributed by atoms with van der Waals surface area (Å²) in [5.41, 5.74) is 0.713. The fourth-order valence-electron chi connectivity index (χ4n) is 1.90. The van der Waals surface area contributed by atoms with E-state index in [0.29, 0.717) is 5.69 Å². The lowest BCUT2D eigenvalue weighted by Crippen LogP contribution is -2.37. The van der Waals surface area contributed by atoms with E-state index in [4.69, 9.17) is 0 Å². The number of rotatable bonds is 3. The highest BCUT2D eigenvalue weighted by Gasteiger charge is 2.22. The van der Waals surface area contributed by atoms with E-state index in [1.165, 1.54) is 23.4 Å². The summed E-state index contributed by atoms with van der Waals surface area (Å²) in [5.74, 6) is 0.869. The summed E-state index contributed by atoms with van der Waals surface area (Å²) in [4.78, 5) is 15.7. The number of hydrogen-bond donors (Lipinski definition) is 2. The predicted molar refractivity (Wildman–Crippen MR) is 81.4 cm³/mol. The zero-order valence-electron chi connectivity index (χ0n) is 10.8. The molecule has 2 N–H and O–H groups in total. The molecule has 9 heteroatoms. The van der Waals surface area contributed by atoms with E-state index in [1.807, 2.05) is 0 Å². The molecule has 2 aromatic rings. The van der Waals surface area contributed by atoms with Gasteiger partial charge >= 0.3 is 0 Å². The van der Waals surface area contributed by atoms with Crippen LogP contribution < -0.4 is 10.6 Å². The van der Waals surface area contributed by atoms with Crippen LogP contribution in [0.5, 0.6) is 0 Å². The maximum absolute atomic E-state index is 14.0. The van der Waals surface area contributed by atoms with Gasteiger partial charge in [-0.25, -0.2) is 14.1 Å². The molecule has 1 aliphatic heterocycles. The normalized spacial score (nSPS) is 17.3. The zero-order valence-corrected chi connectivity index (χ0v) is 12.5. The molecular weight excluding hydrogens is 317 g/mol. The molecule has 1 atom stereocenters. The van der Waals surface area contributed by atoms with Crippen LogP contribution in [0, 0.1) is 5.82 Å². The average Bonchev–Trinajstić information content (AvgIpc) is 3.12. The van der Waals surface area contributed by atoms with Crippen molar-refractivity contribution in [2.24, 2.45) is 0 Å². The number of thioether (sulfide) groups is 1. The molecule has 1 fully saturated rings. The second-order valence-corrected chi connectivity index (χ2v) is 5.30. The average molecular weight is 330 g/mol. The summed E-state index contributed by atoms with van der Waals surface area (Å²) in [6.45, 7) is 0. The van der Waals surface area contributed by atoms with Crippen molar-refractivity contribution >= 4 is 35.8 Å². The van der Waals surface area contributed by atoms with Gasteiger partial charge in [0.1, 0.15) is 18.3 Å². The maximum atomic E-state index is 14.0. The van der Waals surface area contributed by atoms with Gasteiger partial charge in [0.15, 0.2) is 5.82 Å². The Kier molecular flexibility index (Phi) is 5.16. The Morgan fingerprint density at radius 2 is 2.38 bits per heavy atom. The number of nitrogens with one attached hydrogen (secondary N) is 2. The molecule has 112 valence electrons. The molecule has 0 aliphatic carbocycles. The predicted octanol–water partition coefficient (Wildman–Crippen LogP) is 1.43. The Bertz CT molecular complexity index is 618. The number of aromatic nitrogens is 3. The molecule has 1 aromatic heterocycles. The fraction of sp³-hybridized carbons (Fsp3) is 0.250. The summed E-state index contributed by atoms with van der Waals surface area (Å²) >= 11 is 1.66. The number of hydrogen-bond acceptors (Lipinski definition) is 5. The quantitative estimate of drug-likeness (QED) is 0.891. The highest BCUT2D eigenvalue weighted by molar-refractivity contribution is 7.99. The van der Waals surface area contributed by atoms with Gasteiger partial charge in [0, 0.05) is 17.3 Å². The lowest BCUT2D eigenvalue weighted by atomic mass is 10.2. The summed E-state index contributed by atoms with van der Waals surface area (Å²) in [6, 6.07) is 4.24. The van der Waals surface area contributed by atoms with E-state index in [1.54, 1.807) is 23.9 Å². The standard InChI is InChI=1S/C12H12FN5OS.ClH/c13-9-3-8(17-12(19)10-4-20-7-15-10)1-2-11(9)18-6-14-5-16-18;/h1-3,5-6,10,15H,4,7H2,(H,17,19);1H. The van der Waals surface area contributed by atoms with E-state index < -0.39 is 5.82 Å². The topological polar surface area (TPSA) is 71.8 Å². The minimum atomic E-state index is -0.470. The Morgan fingerprint density at radius 3 is 3.00 bits per heavy atom. The maximum Gasteiger partial charge on any atom is 0.242 e. The van der Waals surface area contributed by atoms with E-state index in [2.05, 4.69) is 20.7 Å². The summed E-state index contributed by atoms with van der Waals surface area (Å²) in [6.07, 6.45) is 2.74. The minimum Gasteiger partial charge on any atom is -0.325 e. The molecule has 1 aliphatic rings. The van der Waals surface area contributed by atoms with Crippen LogP contribution in [0.25, 0.3) is 5.69 Å². The molecule has 0 bridgehead atoms. The van der Waals surface area contributed by atoms with Gasteiger partial charge in [-0.2, -0.15) is 5.10 Å². The minimum absolute atomic E-state index is 0. The molecule has 2 heterocycles. The highest BCUT2D eigenvalue weighted by atomic mass is 35.5. The fourth-order valence-corrected chi connectivity index (χ4v) is 2.84. The molecule has 3 rings (SSSR count). The smallest absolute Gasteiger partial charge is 0.242 e. The first kappa shape index (κ1) is 15.7. The molecule has 1 unspecified atom stereocenters. The monoisotopic (exact) mass is 329 g/mol. The third-order valence-corrected chi connectivity index (χ3v) is 3.85. The third kappa shape index (κ3) is 3.52. The van der Waals surface area contributed by atoms with Crippen molar-refractivity contribution < 1.29 is 9.18 Å². The number of carbonyl (C=O) groups is 1. The van der Waals surface area contributed by atoms with Gasteiger partial charge in [-0.3, -0.25) is 10.1 Å². The van der Waals surface area contributed by atoms with Gasteiger partial charge in [-0.05, 0) is 18.2 Å². The second-order valence-electron chi connectivity index (χ2n) is 4.27. The van der Waals surface area contributed by atoms with Crippen molar-refractivity contribution in [1.82, 2.24) is 20.1 Å². The van der Waals surface area contributed by atoms with Crippen molar-refractivity contribution in [2.45, 2.75) is 6.04 Å². The van der Waals surface area contributed by atoms with Crippen LogP contribution in [0.15, 0.2) is 30.9 Å². The first-order valence-electron chi connectivity index (χ1n) is 6.00. The first-order valence-corrected chi connectivity index (χ1v) is 7.16. The highest BCUT2D eigenvalue weighted by Crippen LogP contribution is 2.18. The molecule has 1 aromatic carbocycles. The van der Waals surface area contributed by atoms with Crippen LogP contribution in [-0.2, 0) is 4.79 Å². The number of nitrogens with zero attached hydrogens (tertiary/aromatic N) is 3. The molecule has 0 saturated carbocycles. The van der Waals surface area contributed by atoms with Crippen molar-refractivity contribution in [2.75, 3.05) is 16.9 Å². The third-order valence-electron chi connectivity index (χ3n) is 2.91. The van der Waals surface area contributed by atoms with Crippen LogP contribution in [0.3, 0.4) is 0 Å². The Balaban J connectivity index is 0.00000161. The Hall–Kier alpha value is -1.64. The van der Waals surface area contributed by atoms with Gasteiger partial charge < -0.3 is 5.32 Å². The number of amides is 1. The van der Waals surface area contributed by atoms with Gasteiger partial charge in [0.2, 0.25) is 5.91 Å². The summed E-state index contributed by atoms with van der Waals surface area (Å²) in [5, 5.41) is 9.62. The van der Waals surface area contributed by atoms with E-state index in [0.717, 1.165) is 11.6 Å². The Morgan fingerprint density at radius 1 is 1.52 bits per heavy atom. The van der Waals surface area contributed by atoms with Crippen molar-refractivity contribution in [1.29, 1.82) is 0 Å². The Labute approximate surface area is 130 Å². The SMILES string of the molecule is Cl.O=C(Nc1ccc(-n2cncn2)c(F)c1)C1CSCN1. The number of anilines is 1. The molecule has 1 saturated heterocycles. The van der Waals surface area contributed by atoms with Crippen LogP contribution in [0.2, 0.25) is 0 Å². The number of carbonyl (C=O) groups excluding carboxylic acids is 1. The van der Waals surface area contributed by atoms with Crippen molar-refractivity contribution in [3.63, 3.8) is 0 Å². The van der Waals surface area contributed by atoms with Gasteiger partial charge in [-0.1, -0.05) is 0 Å². The van der Waals surface area contributed by atoms with Crippen molar-refractivity contribution in [3.8, 4) is 5.69 Å². The van der Waals surface area contributed by atoms with Crippen LogP contribution in [-0.4, -0.2) is 38.3 Å². The van der Waals surface area contributed by atoms with E-state index >= 15 is 0 Å². The van der Waals surface area contributed by atoms with Crippen LogP contribution in [0.4, 0.5) is 10.1 Å². The second kappa shape index (κ2) is 6.88. The van der Waals surface area contributed by atoms with Gasteiger partial charge in [-0.15, -0.1) is 24.2 Å². The lowest BCUT2D eigenvalue weighted by Gasteiger charge is -2.11. The molecule has 0 spiro atoms. The zero-order chi connectivity index (χ0) is 13.9. The number of halogens is 2.